The van der Waals surface area contributed by atoms with Crippen molar-refractivity contribution in [2.24, 2.45) is 0 Å². The maximum absolute atomic E-state index is 7.33. The molecule has 0 fully saturated rings. The summed E-state index contributed by atoms with van der Waals surface area (Å²) in [6.45, 7) is 9.80. The van der Waals surface area contributed by atoms with Gasteiger partial charge in [0, 0.05) is 26.4 Å². The molecule has 11 heteroatoms. The zero-order valence-electron chi connectivity index (χ0n) is 14.0. The number of hydrogen-bond donors (Lipinski definition) is 4. The van der Waals surface area contributed by atoms with Crippen LogP contribution in [-0.2, 0) is 17.7 Å². The van der Waals surface area contributed by atoms with E-state index in [-0.39, 0.29) is 40.6 Å². The van der Waals surface area contributed by atoms with Gasteiger partial charge in [-0.1, -0.05) is 0 Å². The molecule has 0 saturated carbocycles. The van der Waals surface area contributed by atoms with Crippen LogP contribution in [0.2, 0.25) is 0 Å². The van der Waals surface area contributed by atoms with Gasteiger partial charge in [0.1, 0.15) is 0 Å². The standard InChI is InChI=1S/C8H20O4Si.Ca.H4O4Si.2H/c1-5-9-13(10-6-2,11-7-3)12-8-4;;1-5(2,3)4;;/h5-8H2,1-4H3;;1-4H;;/q;+2;;2*-1. The third kappa shape index (κ3) is 19.4. The van der Waals surface area contributed by atoms with Gasteiger partial charge in [-0.15, -0.1) is 0 Å². The summed E-state index contributed by atoms with van der Waals surface area (Å²) >= 11 is 0. The molecule has 0 rings (SSSR count). The second kappa shape index (κ2) is 14.3. The maximum atomic E-state index is 7.33. The van der Waals surface area contributed by atoms with Crippen LogP contribution in [0, 0.1) is 0 Å². The van der Waals surface area contributed by atoms with Crippen LogP contribution in [0.1, 0.15) is 30.5 Å². The summed E-state index contributed by atoms with van der Waals surface area (Å²) in [5.74, 6) is 0. The second-order valence-corrected chi connectivity index (χ2v) is 6.19. The molecule has 0 saturated heterocycles. The van der Waals surface area contributed by atoms with Crippen LogP contribution in [0.5, 0.6) is 0 Å². The molecular formula is C8H26CaO8Si2. The molecule has 0 aliphatic heterocycles. The fourth-order valence-corrected chi connectivity index (χ4v) is 2.87. The summed E-state index contributed by atoms with van der Waals surface area (Å²) in [5.41, 5.74) is 0. The summed E-state index contributed by atoms with van der Waals surface area (Å²) in [4.78, 5) is 29.3. The number of rotatable bonds is 8. The predicted molar refractivity (Wildman–Crippen MR) is 74.9 cm³/mol. The molecule has 116 valence electrons. The molecule has 0 aromatic carbocycles. The largest absolute Gasteiger partial charge is 2.00 e. The summed E-state index contributed by atoms with van der Waals surface area (Å²) in [7, 11) is -7.41. The first kappa shape index (κ1) is 25.3. The maximum Gasteiger partial charge on any atom is 2.00 e. The third-order valence-corrected chi connectivity index (χ3v) is 3.85. The summed E-state index contributed by atoms with van der Waals surface area (Å²) in [5, 5.41) is 0. The zero-order chi connectivity index (χ0) is 14.7. The molecule has 4 N–H and O–H groups in total. The van der Waals surface area contributed by atoms with Crippen molar-refractivity contribution in [2.45, 2.75) is 27.7 Å². The zero-order valence-corrected chi connectivity index (χ0v) is 16.2. The van der Waals surface area contributed by atoms with E-state index < -0.39 is 18.1 Å². The van der Waals surface area contributed by atoms with Crippen LogP contribution < -0.4 is 0 Å². The van der Waals surface area contributed by atoms with E-state index in [1.165, 1.54) is 0 Å². The molecule has 19 heavy (non-hydrogen) atoms. The van der Waals surface area contributed by atoms with Gasteiger partial charge in [0.2, 0.25) is 0 Å². The minimum absolute atomic E-state index is 0. The molecular weight excluding hydrogens is 320 g/mol. The van der Waals surface area contributed by atoms with Gasteiger partial charge in [-0.05, 0) is 27.7 Å². The van der Waals surface area contributed by atoms with Crippen LogP contribution in [0.3, 0.4) is 0 Å². The van der Waals surface area contributed by atoms with E-state index in [1.54, 1.807) is 0 Å². The minimum atomic E-state index is -4.61. The van der Waals surface area contributed by atoms with Crippen molar-refractivity contribution in [2.75, 3.05) is 26.4 Å². The van der Waals surface area contributed by atoms with Gasteiger partial charge in [0.05, 0.1) is 0 Å². The Balaban J connectivity index is -0.0000000933. The average molecular weight is 347 g/mol. The van der Waals surface area contributed by atoms with Gasteiger partial charge in [-0.3, -0.25) is 0 Å². The van der Waals surface area contributed by atoms with Crippen LogP contribution in [-0.4, -0.2) is 101 Å². The molecule has 8 nitrogen and oxygen atoms in total. The first-order valence-electron chi connectivity index (χ1n) is 5.69. The summed E-state index contributed by atoms with van der Waals surface area (Å²) in [6, 6.07) is 0. The molecule has 0 spiro atoms. The van der Waals surface area contributed by atoms with Crippen molar-refractivity contribution >= 4 is 55.8 Å². The third-order valence-electron chi connectivity index (χ3n) is 1.28. The van der Waals surface area contributed by atoms with E-state index in [4.69, 9.17) is 36.9 Å². The van der Waals surface area contributed by atoms with E-state index in [2.05, 4.69) is 0 Å². The fourth-order valence-electron chi connectivity index (χ4n) is 0.957. The van der Waals surface area contributed by atoms with Crippen LogP contribution in [0.15, 0.2) is 0 Å². The van der Waals surface area contributed by atoms with E-state index >= 15 is 0 Å². The molecule has 0 radical (unpaired) electrons. The Kier molecular flexibility index (Phi) is 19.1. The molecule has 0 heterocycles. The van der Waals surface area contributed by atoms with Gasteiger partial charge in [-0.2, -0.15) is 0 Å². The minimum Gasteiger partial charge on any atom is -1.00 e. The molecule has 0 aromatic heterocycles. The van der Waals surface area contributed by atoms with E-state index in [0.717, 1.165) is 0 Å². The van der Waals surface area contributed by atoms with Crippen LogP contribution in [0.4, 0.5) is 0 Å². The van der Waals surface area contributed by atoms with Crippen molar-refractivity contribution in [3.63, 3.8) is 0 Å². The van der Waals surface area contributed by atoms with Crippen molar-refractivity contribution in [3.8, 4) is 0 Å². The van der Waals surface area contributed by atoms with Crippen LogP contribution in [0.25, 0.3) is 0 Å². The Morgan fingerprint density at radius 3 is 0.947 bits per heavy atom. The van der Waals surface area contributed by atoms with Gasteiger partial charge >= 0.3 is 55.8 Å². The molecule has 0 amide bonds. The van der Waals surface area contributed by atoms with Crippen molar-refractivity contribution in [3.05, 3.63) is 0 Å². The van der Waals surface area contributed by atoms with Gasteiger partial charge < -0.3 is 39.7 Å². The Bertz CT molecular complexity index is 166. The topological polar surface area (TPSA) is 118 Å². The molecule has 0 bridgehead atoms. The first-order chi connectivity index (χ1) is 8.24. The Morgan fingerprint density at radius 1 is 0.684 bits per heavy atom. The molecule has 0 aromatic rings. The monoisotopic (exact) mass is 346 g/mol. The van der Waals surface area contributed by atoms with Crippen molar-refractivity contribution in [1.29, 1.82) is 0 Å². The second-order valence-electron chi connectivity index (χ2n) is 2.83. The van der Waals surface area contributed by atoms with Gasteiger partial charge in [0.25, 0.3) is 0 Å². The van der Waals surface area contributed by atoms with E-state index in [9.17, 15) is 0 Å². The SMILES string of the molecule is CCO[Si](OCC)(OCC)OCC.O[Si](O)(O)O.[Ca+2].[H-].[H-]. The van der Waals surface area contributed by atoms with Crippen molar-refractivity contribution in [1.82, 2.24) is 0 Å². The first-order valence-corrected chi connectivity index (χ1v) is 9.12. The Labute approximate surface area is 149 Å². The predicted octanol–water partition coefficient (Wildman–Crippen LogP) is -1.20. The Morgan fingerprint density at radius 2 is 0.842 bits per heavy atom. The van der Waals surface area contributed by atoms with Gasteiger partial charge in [-0.25, -0.2) is 0 Å². The molecule has 0 atom stereocenters. The average Bonchev–Trinajstić information content (AvgIpc) is 2.16. The molecule has 0 unspecified atom stereocenters. The van der Waals surface area contributed by atoms with Crippen molar-refractivity contribution < 1.29 is 39.7 Å². The molecule has 0 aliphatic rings. The summed E-state index contributed by atoms with van der Waals surface area (Å²) in [6.07, 6.45) is 0. The smallest absolute Gasteiger partial charge is 1.00 e. The number of hydrogen-bond acceptors (Lipinski definition) is 8. The fraction of sp³-hybridized carbons (Fsp3) is 1.00. The van der Waals surface area contributed by atoms with E-state index in [0.29, 0.717) is 26.4 Å². The van der Waals surface area contributed by atoms with Gasteiger partial charge in [0.15, 0.2) is 0 Å². The summed E-state index contributed by atoms with van der Waals surface area (Å²) < 4.78 is 21.7. The normalized spacial score (nSPS) is 11.4. The van der Waals surface area contributed by atoms with E-state index in [1.807, 2.05) is 27.7 Å². The Hall–Kier alpha value is 1.37. The van der Waals surface area contributed by atoms with Crippen LogP contribution >= 0.6 is 0 Å². The quantitative estimate of drug-likeness (QED) is 0.405. The molecule has 0 aliphatic carbocycles.